The monoisotopic (exact) mass is 410 g/mol. The first-order chi connectivity index (χ1) is 14.3. The van der Waals surface area contributed by atoms with Crippen molar-refractivity contribution in [3.05, 3.63) is 70.5 Å². The highest BCUT2D eigenvalue weighted by molar-refractivity contribution is 5.88. The molecule has 1 saturated carbocycles. The normalized spacial score (nSPS) is 15.1. The van der Waals surface area contributed by atoms with Gasteiger partial charge in [0, 0.05) is 18.2 Å². The molecule has 2 aromatic rings. The minimum atomic E-state index is -0.678. The zero-order chi connectivity index (χ0) is 21.7. The van der Waals surface area contributed by atoms with E-state index in [1.54, 1.807) is 25.1 Å². The molecule has 4 nitrogen and oxygen atoms in total. The number of benzene rings is 2. The SMILES string of the molecule is Cc1ccc(C)c(CC(=O)N(Cc2ccccc2F)[C@H](C)C(=O)NC2CCCC2)c1. The highest BCUT2D eigenvalue weighted by Crippen LogP contribution is 2.20. The van der Waals surface area contributed by atoms with E-state index in [2.05, 4.69) is 5.32 Å². The van der Waals surface area contributed by atoms with E-state index in [-0.39, 0.29) is 36.6 Å². The largest absolute Gasteiger partial charge is 0.352 e. The van der Waals surface area contributed by atoms with E-state index in [4.69, 9.17) is 0 Å². The van der Waals surface area contributed by atoms with Gasteiger partial charge in [-0.2, -0.15) is 0 Å². The van der Waals surface area contributed by atoms with Crippen LogP contribution in [0.15, 0.2) is 42.5 Å². The number of hydrogen-bond acceptors (Lipinski definition) is 2. The Bertz CT molecular complexity index is 906. The fourth-order valence-electron chi connectivity index (χ4n) is 4.04. The number of nitrogens with zero attached hydrogens (tertiary/aromatic N) is 1. The van der Waals surface area contributed by atoms with Crippen molar-refractivity contribution in [2.75, 3.05) is 0 Å². The Morgan fingerprint density at radius 1 is 1.10 bits per heavy atom. The topological polar surface area (TPSA) is 49.4 Å². The van der Waals surface area contributed by atoms with Gasteiger partial charge in [-0.15, -0.1) is 0 Å². The first kappa shape index (κ1) is 22.0. The molecule has 0 unspecified atom stereocenters. The maximum absolute atomic E-state index is 14.3. The molecule has 1 atom stereocenters. The fraction of sp³-hybridized carbons (Fsp3) is 0.440. The molecule has 2 aromatic carbocycles. The van der Waals surface area contributed by atoms with Gasteiger partial charge in [-0.05, 0) is 50.8 Å². The van der Waals surface area contributed by atoms with Crippen LogP contribution in [0.25, 0.3) is 0 Å². The number of halogens is 1. The number of amides is 2. The van der Waals surface area contributed by atoms with E-state index >= 15 is 0 Å². The van der Waals surface area contributed by atoms with Crippen molar-refractivity contribution < 1.29 is 14.0 Å². The zero-order valence-corrected chi connectivity index (χ0v) is 18.1. The number of hydrogen-bond donors (Lipinski definition) is 1. The average Bonchev–Trinajstić information content (AvgIpc) is 3.22. The predicted molar refractivity (Wildman–Crippen MR) is 116 cm³/mol. The number of nitrogens with one attached hydrogen (secondary N) is 1. The van der Waals surface area contributed by atoms with Crippen LogP contribution in [0.3, 0.4) is 0 Å². The molecule has 1 aliphatic carbocycles. The molecule has 30 heavy (non-hydrogen) atoms. The van der Waals surface area contributed by atoms with Gasteiger partial charge in [0.1, 0.15) is 11.9 Å². The van der Waals surface area contributed by atoms with Gasteiger partial charge < -0.3 is 10.2 Å². The van der Waals surface area contributed by atoms with Crippen molar-refractivity contribution in [2.24, 2.45) is 0 Å². The predicted octanol–water partition coefficient (Wildman–Crippen LogP) is 4.46. The van der Waals surface area contributed by atoms with E-state index in [9.17, 15) is 14.0 Å². The lowest BCUT2D eigenvalue weighted by molar-refractivity contribution is -0.140. The van der Waals surface area contributed by atoms with Crippen molar-refractivity contribution in [1.82, 2.24) is 10.2 Å². The van der Waals surface area contributed by atoms with Crippen LogP contribution >= 0.6 is 0 Å². The molecule has 0 aliphatic heterocycles. The maximum Gasteiger partial charge on any atom is 0.242 e. The molecule has 0 aromatic heterocycles. The fourth-order valence-corrected chi connectivity index (χ4v) is 4.04. The Labute approximate surface area is 178 Å². The van der Waals surface area contributed by atoms with Crippen LogP contribution in [0, 0.1) is 19.7 Å². The highest BCUT2D eigenvalue weighted by Gasteiger charge is 2.29. The van der Waals surface area contributed by atoms with Gasteiger partial charge in [0.2, 0.25) is 11.8 Å². The Hall–Kier alpha value is -2.69. The number of rotatable bonds is 7. The molecular formula is C25H31FN2O2. The van der Waals surface area contributed by atoms with Gasteiger partial charge in [-0.1, -0.05) is 54.8 Å². The Kier molecular flexibility index (Phi) is 7.24. The van der Waals surface area contributed by atoms with Crippen molar-refractivity contribution in [3.8, 4) is 0 Å². The second-order valence-corrected chi connectivity index (χ2v) is 8.39. The standard InChI is InChI=1S/C25H31FN2O2/c1-17-12-13-18(2)21(14-17)15-24(29)28(16-20-8-4-7-11-23(20)26)19(3)25(30)27-22-9-5-6-10-22/h4,7-8,11-14,19,22H,5-6,9-10,15-16H2,1-3H3,(H,27,30)/t19-/m1/s1. The molecular weight excluding hydrogens is 379 g/mol. The van der Waals surface area contributed by atoms with E-state index < -0.39 is 6.04 Å². The van der Waals surface area contributed by atoms with E-state index in [1.165, 1.54) is 11.0 Å². The molecule has 2 amide bonds. The molecule has 0 radical (unpaired) electrons. The van der Waals surface area contributed by atoms with E-state index in [0.717, 1.165) is 42.4 Å². The van der Waals surface area contributed by atoms with Crippen molar-refractivity contribution >= 4 is 11.8 Å². The molecule has 0 heterocycles. The van der Waals surface area contributed by atoms with Gasteiger partial charge in [0.05, 0.1) is 6.42 Å². The van der Waals surface area contributed by atoms with Crippen LogP contribution < -0.4 is 5.32 Å². The number of aryl methyl sites for hydroxylation is 2. The van der Waals surface area contributed by atoms with Crippen LogP contribution in [0.4, 0.5) is 4.39 Å². The number of carbonyl (C=O) groups is 2. The molecule has 0 bridgehead atoms. The van der Waals surface area contributed by atoms with Gasteiger partial charge in [0.15, 0.2) is 0 Å². The number of carbonyl (C=O) groups excluding carboxylic acids is 2. The summed E-state index contributed by atoms with van der Waals surface area (Å²) >= 11 is 0. The summed E-state index contributed by atoms with van der Waals surface area (Å²) in [6.45, 7) is 5.75. The lowest BCUT2D eigenvalue weighted by atomic mass is 10.0. The lowest BCUT2D eigenvalue weighted by Crippen LogP contribution is -2.50. The third kappa shape index (κ3) is 5.47. The first-order valence-corrected chi connectivity index (χ1v) is 10.7. The highest BCUT2D eigenvalue weighted by atomic mass is 19.1. The van der Waals surface area contributed by atoms with Gasteiger partial charge in [-0.3, -0.25) is 9.59 Å². The Balaban J connectivity index is 1.82. The summed E-state index contributed by atoms with van der Waals surface area (Å²) in [4.78, 5) is 27.7. The maximum atomic E-state index is 14.3. The molecule has 1 N–H and O–H groups in total. The van der Waals surface area contributed by atoms with Crippen LogP contribution in [-0.2, 0) is 22.6 Å². The summed E-state index contributed by atoms with van der Waals surface area (Å²) < 4.78 is 14.3. The minimum absolute atomic E-state index is 0.0651. The van der Waals surface area contributed by atoms with Crippen LogP contribution in [0.5, 0.6) is 0 Å². The molecule has 1 fully saturated rings. The van der Waals surface area contributed by atoms with Gasteiger partial charge >= 0.3 is 0 Å². The molecule has 1 aliphatic rings. The minimum Gasteiger partial charge on any atom is -0.352 e. The quantitative estimate of drug-likeness (QED) is 0.733. The Morgan fingerprint density at radius 2 is 1.80 bits per heavy atom. The Morgan fingerprint density at radius 3 is 2.50 bits per heavy atom. The summed E-state index contributed by atoms with van der Waals surface area (Å²) in [5.41, 5.74) is 3.45. The third-order valence-corrected chi connectivity index (χ3v) is 6.01. The first-order valence-electron chi connectivity index (χ1n) is 10.7. The summed E-state index contributed by atoms with van der Waals surface area (Å²) in [5, 5.41) is 3.07. The summed E-state index contributed by atoms with van der Waals surface area (Å²) in [6.07, 6.45) is 4.36. The second-order valence-electron chi connectivity index (χ2n) is 8.39. The van der Waals surface area contributed by atoms with Gasteiger partial charge in [0.25, 0.3) is 0 Å². The molecule has 0 spiro atoms. The molecule has 0 saturated heterocycles. The molecule has 3 rings (SSSR count). The summed E-state index contributed by atoms with van der Waals surface area (Å²) in [7, 11) is 0. The van der Waals surface area contributed by atoms with Crippen molar-refractivity contribution in [2.45, 2.75) is 71.5 Å². The van der Waals surface area contributed by atoms with E-state index in [0.29, 0.717) is 5.56 Å². The second kappa shape index (κ2) is 9.88. The smallest absolute Gasteiger partial charge is 0.242 e. The van der Waals surface area contributed by atoms with Crippen LogP contribution in [-0.4, -0.2) is 28.8 Å². The summed E-state index contributed by atoms with van der Waals surface area (Å²) in [5.74, 6) is -0.723. The van der Waals surface area contributed by atoms with Gasteiger partial charge in [-0.25, -0.2) is 4.39 Å². The van der Waals surface area contributed by atoms with Crippen molar-refractivity contribution in [3.63, 3.8) is 0 Å². The average molecular weight is 411 g/mol. The lowest BCUT2D eigenvalue weighted by Gasteiger charge is -2.30. The third-order valence-electron chi connectivity index (χ3n) is 6.01. The van der Waals surface area contributed by atoms with Crippen LogP contribution in [0.2, 0.25) is 0 Å². The zero-order valence-electron chi connectivity index (χ0n) is 18.1. The molecule has 160 valence electrons. The van der Waals surface area contributed by atoms with E-state index in [1.807, 2.05) is 32.0 Å². The van der Waals surface area contributed by atoms with Crippen molar-refractivity contribution in [1.29, 1.82) is 0 Å². The molecule has 5 heteroatoms. The van der Waals surface area contributed by atoms with Crippen LogP contribution in [0.1, 0.15) is 54.9 Å². The summed E-state index contributed by atoms with van der Waals surface area (Å²) in [6, 6.07) is 11.9.